The van der Waals surface area contributed by atoms with Crippen LogP contribution in [0.4, 0.5) is 0 Å². The van der Waals surface area contributed by atoms with Crippen LogP contribution >= 0.6 is 0 Å². The Kier molecular flexibility index (Phi) is 3.23. The second-order valence-corrected chi connectivity index (χ2v) is 4.63. The Bertz CT molecular complexity index is 263. The fourth-order valence-electron chi connectivity index (χ4n) is 2.69. The van der Waals surface area contributed by atoms with Crippen molar-refractivity contribution in [2.45, 2.75) is 44.9 Å². The van der Waals surface area contributed by atoms with E-state index in [1.54, 1.807) is 5.56 Å². The molecule has 0 aliphatic heterocycles. The van der Waals surface area contributed by atoms with E-state index in [2.05, 4.69) is 37.3 Å². The van der Waals surface area contributed by atoms with Crippen molar-refractivity contribution in [2.24, 2.45) is 5.92 Å². The lowest BCUT2D eigenvalue weighted by Crippen LogP contribution is -2.07. The highest BCUT2D eigenvalue weighted by atomic mass is 14.3. The van der Waals surface area contributed by atoms with Crippen LogP contribution in [0.3, 0.4) is 0 Å². The fraction of sp³-hybridized carbons (Fsp3) is 0.571. The molecule has 1 fully saturated rings. The monoisotopic (exact) mass is 188 g/mol. The van der Waals surface area contributed by atoms with Crippen molar-refractivity contribution in [1.29, 1.82) is 0 Å². The molecule has 1 aromatic rings. The summed E-state index contributed by atoms with van der Waals surface area (Å²) in [4.78, 5) is 0. The maximum Gasteiger partial charge on any atom is -0.0136 e. The highest BCUT2D eigenvalue weighted by molar-refractivity contribution is 5.20. The van der Waals surface area contributed by atoms with E-state index in [4.69, 9.17) is 0 Å². The Labute approximate surface area is 87.3 Å². The van der Waals surface area contributed by atoms with Crippen molar-refractivity contribution in [3.8, 4) is 0 Å². The molecule has 14 heavy (non-hydrogen) atoms. The van der Waals surface area contributed by atoms with Gasteiger partial charge in [-0.2, -0.15) is 0 Å². The smallest absolute Gasteiger partial charge is 0.0136 e. The summed E-state index contributed by atoms with van der Waals surface area (Å²) in [5.74, 6) is 1.69. The van der Waals surface area contributed by atoms with E-state index in [1.807, 2.05) is 0 Å². The predicted octanol–water partition coefficient (Wildman–Crippen LogP) is 4.37. The highest BCUT2D eigenvalue weighted by Gasteiger charge is 2.20. The molecule has 0 aromatic heterocycles. The SMILES string of the molecule is CC1CCCCC[C@H]1c1ccccc1. The van der Waals surface area contributed by atoms with E-state index in [0.29, 0.717) is 0 Å². The standard InChI is InChI=1S/C14H20/c1-12-8-4-2-7-11-14(12)13-9-5-3-6-10-13/h3,5-6,9-10,12,14H,2,4,7-8,11H2,1H3/t12?,14-/m1/s1. The van der Waals surface area contributed by atoms with Crippen LogP contribution in [-0.2, 0) is 0 Å². The maximum atomic E-state index is 2.42. The molecule has 1 aliphatic carbocycles. The van der Waals surface area contributed by atoms with Gasteiger partial charge in [-0.15, -0.1) is 0 Å². The largest absolute Gasteiger partial charge is 0.0622 e. The molecule has 0 radical (unpaired) electrons. The van der Waals surface area contributed by atoms with Gasteiger partial charge in [0.05, 0.1) is 0 Å². The van der Waals surface area contributed by atoms with Gasteiger partial charge in [-0.25, -0.2) is 0 Å². The van der Waals surface area contributed by atoms with Gasteiger partial charge < -0.3 is 0 Å². The van der Waals surface area contributed by atoms with Crippen molar-refractivity contribution in [3.05, 3.63) is 35.9 Å². The van der Waals surface area contributed by atoms with E-state index in [1.165, 1.54) is 32.1 Å². The van der Waals surface area contributed by atoms with E-state index < -0.39 is 0 Å². The average molecular weight is 188 g/mol. The first-order valence-electron chi connectivity index (χ1n) is 5.93. The van der Waals surface area contributed by atoms with Crippen molar-refractivity contribution < 1.29 is 0 Å². The second-order valence-electron chi connectivity index (χ2n) is 4.63. The van der Waals surface area contributed by atoms with Gasteiger partial charge in [-0.05, 0) is 23.8 Å². The number of benzene rings is 1. The summed E-state index contributed by atoms with van der Waals surface area (Å²) >= 11 is 0. The molecule has 1 aromatic carbocycles. The highest BCUT2D eigenvalue weighted by Crippen LogP contribution is 2.35. The number of hydrogen-bond acceptors (Lipinski definition) is 0. The van der Waals surface area contributed by atoms with Gasteiger partial charge in [0.25, 0.3) is 0 Å². The van der Waals surface area contributed by atoms with Crippen molar-refractivity contribution in [3.63, 3.8) is 0 Å². The quantitative estimate of drug-likeness (QED) is 0.574. The van der Waals surface area contributed by atoms with Crippen molar-refractivity contribution in [2.75, 3.05) is 0 Å². The molecular weight excluding hydrogens is 168 g/mol. The Morgan fingerprint density at radius 3 is 2.43 bits per heavy atom. The van der Waals surface area contributed by atoms with Crippen molar-refractivity contribution >= 4 is 0 Å². The number of hydrogen-bond donors (Lipinski definition) is 0. The Morgan fingerprint density at radius 2 is 1.64 bits per heavy atom. The zero-order chi connectivity index (χ0) is 9.80. The lowest BCUT2D eigenvalue weighted by Gasteiger charge is -2.21. The lowest BCUT2D eigenvalue weighted by atomic mass is 9.84. The molecule has 1 aliphatic rings. The first-order chi connectivity index (χ1) is 6.88. The Morgan fingerprint density at radius 1 is 0.929 bits per heavy atom. The van der Waals surface area contributed by atoms with Crippen LogP contribution in [0.15, 0.2) is 30.3 Å². The van der Waals surface area contributed by atoms with E-state index in [-0.39, 0.29) is 0 Å². The van der Waals surface area contributed by atoms with E-state index in [9.17, 15) is 0 Å². The molecule has 0 heteroatoms. The summed E-state index contributed by atoms with van der Waals surface area (Å²) in [7, 11) is 0. The van der Waals surface area contributed by atoms with Crippen LogP contribution in [-0.4, -0.2) is 0 Å². The van der Waals surface area contributed by atoms with Gasteiger partial charge in [0, 0.05) is 0 Å². The summed E-state index contributed by atoms with van der Waals surface area (Å²) in [6.07, 6.45) is 7.10. The minimum absolute atomic E-state index is 0.818. The second kappa shape index (κ2) is 4.63. The van der Waals surface area contributed by atoms with Crippen molar-refractivity contribution in [1.82, 2.24) is 0 Å². The average Bonchev–Trinajstić information content (AvgIpc) is 2.44. The van der Waals surface area contributed by atoms with Crippen LogP contribution in [0.2, 0.25) is 0 Å². The summed E-state index contributed by atoms with van der Waals surface area (Å²) in [5, 5.41) is 0. The van der Waals surface area contributed by atoms with Crippen LogP contribution in [0, 0.1) is 5.92 Å². The molecular formula is C14H20. The third-order valence-corrected chi connectivity index (χ3v) is 3.59. The molecule has 0 nitrogen and oxygen atoms in total. The first-order valence-corrected chi connectivity index (χ1v) is 5.93. The minimum atomic E-state index is 0.818. The zero-order valence-corrected chi connectivity index (χ0v) is 9.08. The van der Waals surface area contributed by atoms with E-state index >= 15 is 0 Å². The topological polar surface area (TPSA) is 0 Å². The van der Waals surface area contributed by atoms with Gasteiger partial charge in [0.1, 0.15) is 0 Å². The van der Waals surface area contributed by atoms with E-state index in [0.717, 1.165) is 11.8 Å². The molecule has 1 unspecified atom stereocenters. The molecule has 0 bridgehead atoms. The Hall–Kier alpha value is -0.780. The zero-order valence-electron chi connectivity index (χ0n) is 9.08. The Balaban J connectivity index is 2.15. The molecule has 0 spiro atoms. The van der Waals surface area contributed by atoms with Gasteiger partial charge in [0.2, 0.25) is 0 Å². The molecule has 0 saturated heterocycles. The fourth-order valence-corrected chi connectivity index (χ4v) is 2.69. The summed E-state index contributed by atoms with van der Waals surface area (Å²) in [6.45, 7) is 2.42. The predicted molar refractivity (Wildman–Crippen MR) is 61.4 cm³/mol. The van der Waals surface area contributed by atoms with Gasteiger partial charge in [-0.1, -0.05) is 62.9 Å². The number of rotatable bonds is 1. The maximum absolute atomic E-state index is 2.42. The normalized spacial score (nSPS) is 28.4. The molecule has 76 valence electrons. The van der Waals surface area contributed by atoms with Gasteiger partial charge >= 0.3 is 0 Å². The summed E-state index contributed by atoms with van der Waals surface area (Å²) in [5.41, 5.74) is 1.56. The molecule has 0 amide bonds. The van der Waals surface area contributed by atoms with Gasteiger partial charge in [-0.3, -0.25) is 0 Å². The van der Waals surface area contributed by atoms with Crippen LogP contribution in [0.5, 0.6) is 0 Å². The van der Waals surface area contributed by atoms with Crippen LogP contribution in [0.25, 0.3) is 0 Å². The molecule has 2 atom stereocenters. The summed E-state index contributed by atoms with van der Waals surface area (Å²) < 4.78 is 0. The third kappa shape index (κ3) is 2.17. The minimum Gasteiger partial charge on any atom is -0.0622 e. The first kappa shape index (κ1) is 9.76. The van der Waals surface area contributed by atoms with Crippen LogP contribution in [0.1, 0.15) is 50.5 Å². The molecule has 2 rings (SSSR count). The summed E-state index contributed by atoms with van der Waals surface area (Å²) in [6, 6.07) is 11.1. The lowest BCUT2D eigenvalue weighted by molar-refractivity contribution is 0.434. The molecule has 0 heterocycles. The van der Waals surface area contributed by atoms with Crippen LogP contribution < -0.4 is 0 Å². The molecule has 0 N–H and O–H groups in total. The van der Waals surface area contributed by atoms with Gasteiger partial charge in [0.15, 0.2) is 0 Å². The molecule has 1 saturated carbocycles. The third-order valence-electron chi connectivity index (χ3n) is 3.59.